The third-order valence-electron chi connectivity index (χ3n) is 4.19. The molecule has 0 saturated carbocycles. The molecule has 7 nitrogen and oxygen atoms in total. The Morgan fingerprint density at radius 3 is 2.21 bits per heavy atom. The van der Waals surface area contributed by atoms with Gasteiger partial charge < -0.3 is 5.32 Å². The van der Waals surface area contributed by atoms with E-state index in [1.54, 1.807) is 0 Å². The third-order valence-corrected chi connectivity index (χ3v) is 4.19. The summed E-state index contributed by atoms with van der Waals surface area (Å²) >= 11 is 0. The summed E-state index contributed by atoms with van der Waals surface area (Å²) in [5.41, 5.74) is -6.73. The number of hydrogen-bond donors (Lipinski definition) is 1. The molecule has 1 saturated heterocycles. The number of piperidine rings is 1. The number of alkyl halides is 6. The van der Waals surface area contributed by atoms with Crippen molar-refractivity contribution in [3.8, 4) is 0 Å². The van der Waals surface area contributed by atoms with E-state index >= 15 is 0 Å². The van der Waals surface area contributed by atoms with E-state index in [0.717, 1.165) is 0 Å². The Morgan fingerprint density at radius 2 is 1.79 bits per heavy atom. The molecule has 1 aliphatic heterocycles. The van der Waals surface area contributed by atoms with Crippen LogP contribution in [0.3, 0.4) is 0 Å². The highest BCUT2D eigenvalue weighted by Gasteiger charge is 2.58. The smallest absolute Gasteiger partial charge is 0.341 e. The van der Waals surface area contributed by atoms with Gasteiger partial charge in [-0.05, 0) is 19.1 Å². The van der Waals surface area contributed by atoms with Gasteiger partial charge >= 0.3 is 12.4 Å². The van der Waals surface area contributed by atoms with Gasteiger partial charge in [0.05, 0.1) is 16.1 Å². The third kappa shape index (κ3) is 3.68. The largest absolute Gasteiger partial charge is 0.416 e. The SMILES string of the molecule is CC1(C(F)(F)F)CC(=O)C(C(=O)c2ccc(C(F)(F)F)cc2[N+](=O)[O-])C(=O)N1. The molecule has 0 spiro atoms. The Labute approximate surface area is 151 Å². The molecule has 0 radical (unpaired) electrons. The topological polar surface area (TPSA) is 106 Å². The molecule has 1 fully saturated rings. The van der Waals surface area contributed by atoms with E-state index in [-0.39, 0.29) is 6.07 Å². The number of nitrogens with zero attached hydrogens (tertiary/aromatic N) is 1. The number of nitro benzene ring substituents is 1. The summed E-state index contributed by atoms with van der Waals surface area (Å²) in [4.78, 5) is 46.2. The van der Waals surface area contributed by atoms with Gasteiger partial charge in [0.2, 0.25) is 5.91 Å². The molecule has 1 N–H and O–H groups in total. The molecule has 28 heavy (non-hydrogen) atoms. The molecule has 0 aliphatic carbocycles. The number of ketones is 2. The second kappa shape index (κ2) is 6.56. The van der Waals surface area contributed by atoms with Crippen molar-refractivity contribution in [2.45, 2.75) is 31.2 Å². The van der Waals surface area contributed by atoms with Gasteiger partial charge in [0.1, 0.15) is 5.54 Å². The number of Topliss-reactive ketones (excluding diaryl/α,β-unsaturated/α-hetero) is 2. The first kappa shape index (κ1) is 21.3. The van der Waals surface area contributed by atoms with Gasteiger partial charge in [-0.1, -0.05) is 0 Å². The molecule has 0 aromatic heterocycles. The van der Waals surface area contributed by atoms with Crippen molar-refractivity contribution in [2.24, 2.45) is 5.92 Å². The maximum absolute atomic E-state index is 13.0. The van der Waals surface area contributed by atoms with Gasteiger partial charge in [0.25, 0.3) is 5.69 Å². The normalized spacial score (nSPS) is 23.3. The Kier molecular flexibility index (Phi) is 5.00. The molecule has 1 aromatic carbocycles. The number of nitrogens with one attached hydrogen (secondary N) is 1. The van der Waals surface area contributed by atoms with E-state index < -0.39 is 69.4 Å². The standard InChI is InChI=1S/C15H10F6N2O5/c1-13(15(19,20)21)5-9(24)10(12(26)22-13)11(25)7-3-2-6(14(16,17)18)4-8(7)23(27)28/h2-4,10H,5H2,1H3,(H,22,26). The van der Waals surface area contributed by atoms with Crippen LogP contribution in [0.15, 0.2) is 18.2 Å². The maximum atomic E-state index is 13.0. The predicted molar refractivity (Wildman–Crippen MR) is 78.1 cm³/mol. The van der Waals surface area contributed by atoms with Crippen LogP contribution < -0.4 is 5.32 Å². The van der Waals surface area contributed by atoms with Gasteiger partial charge in [-0.3, -0.25) is 24.5 Å². The van der Waals surface area contributed by atoms with E-state index in [1.807, 2.05) is 0 Å². The van der Waals surface area contributed by atoms with Crippen LogP contribution in [-0.2, 0) is 15.8 Å². The van der Waals surface area contributed by atoms with Gasteiger partial charge in [-0.25, -0.2) is 0 Å². The summed E-state index contributed by atoms with van der Waals surface area (Å²) in [6.45, 7) is 0.518. The van der Waals surface area contributed by atoms with Crippen molar-refractivity contribution in [3.63, 3.8) is 0 Å². The molecular formula is C15H10F6N2O5. The zero-order valence-corrected chi connectivity index (χ0v) is 13.8. The number of nitro groups is 1. The summed E-state index contributed by atoms with van der Waals surface area (Å²) in [6, 6.07) is 0.769. The second-order valence-corrected chi connectivity index (χ2v) is 6.25. The zero-order valence-electron chi connectivity index (χ0n) is 13.8. The molecule has 1 heterocycles. The van der Waals surface area contributed by atoms with E-state index in [4.69, 9.17) is 0 Å². The van der Waals surface area contributed by atoms with Gasteiger partial charge in [-0.15, -0.1) is 0 Å². The molecule has 2 atom stereocenters. The molecule has 2 rings (SSSR count). The van der Waals surface area contributed by atoms with Crippen molar-refractivity contribution < 1.29 is 45.6 Å². The molecule has 0 bridgehead atoms. The van der Waals surface area contributed by atoms with E-state index in [2.05, 4.69) is 0 Å². The minimum atomic E-state index is -5.02. The lowest BCUT2D eigenvalue weighted by Crippen LogP contribution is -2.64. The molecular weight excluding hydrogens is 402 g/mol. The van der Waals surface area contributed by atoms with Crippen LogP contribution in [0.1, 0.15) is 29.3 Å². The Balaban J connectivity index is 2.46. The number of rotatable bonds is 3. The minimum absolute atomic E-state index is 0.0400. The van der Waals surface area contributed by atoms with Gasteiger partial charge in [0.15, 0.2) is 17.5 Å². The quantitative estimate of drug-likeness (QED) is 0.270. The highest BCUT2D eigenvalue weighted by atomic mass is 19.4. The fourth-order valence-corrected chi connectivity index (χ4v) is 2.64. The Morgan fingerprint density at radius 1 is 1.21 bits per heavy atom. The van der Waals surface area contributed by atoms with E-state index in [9.17, 15) is 50.8 Å². The summed E-state index contributed by atoms with van der Waals surface area (Å²) in [7, 11) is 0. The lowest BCUT2D eigenvalue weighted by atomic mass is 9.80. The van der Waals surface area contributed by atoms with Crippen LogP contribution in [0.2, 0.25) is 0 Å². The Hall–Kier alpha value is -2.99. The molecule has 1 aromatic rings. The molecule has 1 aliphatic rings. The predicted octanol–water partition coefficient (Wildman–Crippen LogP) is 2.82. The number of benzene rings is 1. The first-order valence-corrected chi connectivity index (χ1v) is 7.40. The zero-order chi connectivity index (χ0) is 21.7. The molecule has 152 valence electrons. The first-order valence-electron chi connectivity index (χ1n) is 7.40. The lowest BCUT2D eigenvalue weighted by Gasteiger charge is -2.37. The number of amides is 1. The first-order chi connectivity index (χ1) is 12.6. The van der Waals surface area contributed by atoms with E-state index in [0.29, 0.717) is 19.1 Å². The minimum Gasteiger partial charge on any atom is -0.341 e. The van der Waals surface area contributed by atoms with Gasteiger partial charge in [0, 0.05) is 12.5 Å². The van der Waals surface area contributed by atoms with E-state index in [1.165, 1.54) is 5.32 Å². The fraction of sp³-hybridized carbons (Fsp3) is 0.400. The summed E-state index contributed by atoms with van der Waals surface area (Å²) in [5, 5.41) is 12.5. The average molecular weight is 412 g/mol. The van der Waals surface area contributed by atoms with Crippen LogP contribution in [0.5, 0.6) is 0 Å². The number of hydrogen-bond acceptors (Lipinski definition) is 5. The van der Waals surface area contributed by atoms with Crippen molar-refractivity contribution >= 4 is 23.2 Å². The highest BCUT2D eigenvalue weighted by molar-refractivity contribution is 6.26. The Bertz CT molecular complexity index is 859. The number of carbonyl (C=O) groups is 3. The van der Waals surface area contributed by atoms with Crippen LogP contribution in [0.25, 0.3) is 0 Å². The fourth-order valence-electron chi connectivity index (χ4n) is 2.64. The van der Waals surface area contributed by atoms with Gasteiger partial charge in [-0.2, -0.15) is 26.3 Å². The second-order valence-electron chi connectivity index (χ2n) is 6.25. The molecule has 13 heteroatoms. The van der Waals surface area contributed by atoms with Crippen molar-refractivity contribution in [2.75, 3.05) is 0 Å². The highest BCUT2D eigenvalue weighted by Crippen LogP contribution is 2.38. The average Bonchev–Trinajstić information content (AvgIpc) is 2.51. The van der Waals surface area contributed by atoms with Crippen LogP contribution in [0, 0.1) is 16.0 Å². The van der Waals surface area contributed by atoms with Crippen LogP contribution in [-0.4, -0.2) is 34.1 Å². The summed E-state index contributed by atoms with van der Waals surface area (Å²) < 4.78 is 77.1. The van der Waals surface area contributed by atoms with Crippen molar-refractivity contribution in [1.82, 2.24) is 5.32 Å². The number of halogens is 6. The summed E-state index contributed by atoms with van der Waals surface area (Å²) in [5.74, 6) is -7.00. The molecule has 2 unspecified atom stereocenters. The van der Waals surface area contributed by atoms with Crippen molar-refractivity contribution in [1.29, 1.82) is 0 Å². The molecule has 1 amide bonds. The number of carbonyl (C=O) groups excluding carboxylic acids is 3. The lowest BCUT2D eigenvalue weighted by molar-refractivity contribution is -0.385. The summed E-state index contributed by atoms with van der Waals surface area (Å²) in [6.07, 6.45) is -11.3. The maximum Gasteiger partial charge on any atom is 0.416 e. The monoisotopic (exact) mass is 412 g/mol. The van der Waals surface area contributed by atoms with Crippen LogP contribution in [0.4, 0.5) is 32.0 Å². The van der Waals surface area contributed by atoms with Crippen LogP contribution >= 0.6 is 0 Å². The van der Waals surface area contributed by atoms with Crippen molar-refractivity contribution in [3.05, 3.63) is 39.4 Å².